The van der Waals surface area contributed by atoms with Crippen LogP contribution < -0.4 is 5.59 Å². The zero-order chi connectivity index (χ0) is 22.6. The first-order valence-electron chi connectivity index (χ1n) is 10.9. The van der Waals surface area contributed by atoms with Crippen LogP contribution in [0, 0.1) is 0 Å². The molecule has 1 aromatic heterocycles. The summed E-state index contributed by atoms with van der Waals surface area (Å²) in [6, 6.07) is 39.9. The maximum Gasteiger partial charge on any atom is 0.508 e. The van der Waals surface area contributed by atoms with Crippen LogP contribution in [0.15, 0.2) is 121 Å². The first-order valence-corrected chi connectivity index (χ1v) is 10.9. The monoisotopic (exact) mass is 427 g/mol. The summed E-state index contributed by atoms with van der Waals surface area (Å²) in [5.41, 5.74) is 7.33. The highest BCUT2D eigenvalue weighted by atomic mass is 16.4. The van der Waals surface area contributed by atoms with Crippen molar-refractivity contribution in [1.82, 2.24) is 4.98 Å². The van der Waals surface area contributed by atoms with Crippen molar-refractivity contribution >= 4 is 12.7 Å². The quantitative estimate of drug-likeness (QED) is 0.368. The summed E-state index contributed by atoms with van der Waals surface area (Å²) < 4.78 is 0. The third-order valence-electron chi connectivity index (χ3n) is 5.70. The second-order valence-corrected chi connectivity index (χ2v) is 7.81. The van der Waals surface area contributed by atoms with Gasteiger partial charge in [0.15, 0.2) is 0 Å². The lowest BCUT2D eigenvalue weighted by Gasteiger charge is -2.23. The average molecular weight is 427 g/mol. The Morgan fingerprint density at radius 3 is 1.21 bits per heavy atom. The molecule has 3 nitrogen and oxygen atoms in total. The topological polar surface area (TPSA) is 53.4 Å². The second-order valence-electron chi connectivity index (χ2n) is 7.81. The van der Waals surface area contributed by atoms with Gasteiger partial charge < -0.3 is 10.0 Å². The van der Waals surface area contributed by atoms with Crippen molar-refractivity contribution < 1.29 is 10.0 Å². The third-order valence-corrected chi connectivity index (χ3v) is 5.70. The molecule has 0 aliphatic rings. The Morgan fingerprint density at radius 1 is 0.424 bits per heavy atom. The molecule has 4 aromatic carbocycles. The molecule has 5 rings (SSSR count). The van der Waals surface area contributed by atoms with Gasteiger partial charge in [0.2, 0.25) is 0 Å². The van der Waals surface area contributed by atoms with Gasteiger partial charge in [-0.2, -0.15) is 0 Å². The van der Waals surface area contributed by atoms with Gasteiger partial charge in [0.1, 0.15) is 0 Å². The first kappa shape index (κ1) is 20.9. The average Bonchev–Trinajstić information content (AvgIpc) is 2.89. The van der Waals surface area contributed by atoms with Crippen LogP contribution in [-0.4, -0.2) is 22.2 Å². The molecule has 4 heteroatoms. The summed E-state index contributed by atoms with van der Waals surface area (Å²) in [5, 5.41) is 20.9. The lowest BCUT2D eigenvalue weighted by Crippen LogP contribution is -2.35. The minimum Gasteiger partial charge on any atom is -0.422 e. The molecule has 0 spiro atoms. The summed E-state index contributed by atoms with van der Waals surface area (Å²) >= 11 is 0. The Labute approximate surface area is 193 Å². The molecule has 5 aromatic rings. The highest BCUT2D eigenvalue weighted by molar-refractivity contribution is 6.60. The molecule has 0 aliphatic carbocycles. The van der Waals surface area contributed by atoms with E-state index in [4.69, 9.17) is 4.98 Å². The molecule has 0 atom stereocenters. The van der Waals surface area contributed by atoms with Crippen molar-refractivity contribution in [3.63, 3.8) is 0 Å². The van der Waals surface area contributed by atoms with Gasteiger partial charge in [0.05, 0.1) is 11.3 Å². The standard InChI is InChI=1S/C29H22BNO2/c32-30(33)29-27(23-17-9-3-10-18-23)25(21-13-5-1-6-14-21)26(22-15-7-2-8-16-22)28(31-29)24-19-11-4-12-20-24/h1-20,32-33H. The molecule has 0 unspecified atom stereocenters. The Kier molecular flexibility index (Phi) is 5.86. The van der Waals surface area contributed by atoms with E-state index in [0.29, 0.717) is 5.69 Å². The molecule has 0 saturated heterocycles. The molecule has 2 N–H and O–H groups in total. The normalized spacial score (nSPS) is 10.7. The van der Waals surface area contributed by atoms with Gasteiger partial charge in [0.25, 0.3) is 0 Å². The van der Waals surface area contributed by atoms with E-state index in [-0.39, 0.29) is 5.59 Å². The maximum absolute atomic E-state index is 10.5. The molecular weight excluding hydrogens is 405 g/mol. The van der Waals surface area contributed by atoms with Gasteiger partial charge in [-0.15, -0.1) is 0 Å². The number of hydrogen-bond acceptors (Lipinski definition) is 3. The molecule has 0 fully saturated rings. The molecule has 0 saturated carbocycles. The molecule has 0 radical (unpaired) electrons. The SMILES string of the molecule is OB(O)c1nc(-c2ccccc2)c(-c2ccccc2)c(-c2ccccc2)c1-c1ccccc1. The van der Waals surface area contributed by atoms with E-state index < -0.39 is 7.12 Å². The van der Waals surface area contributed by atoms with Crippen molar-refractivity contribution in [1.29, 1.82) is 0 Å². The lowest BCUT2D eigenvalue weighted by molar-refractivity contribution is 0.424. The number of aromatic nitrogens is 1. The molecule has 0 amide bonds. The van der Waals surface area contributed by atoms with Crippen LogP contribution in [0.3, 0.4) is 0 Å². The van der Waals surface area contributed by atoms with E-state index in [1.165, 1.54) is 0 Å². The minimum atomic E-state index is -1.73. The van der Waals surface area contributed by atoms with Gasteiger partial charge in [-0.1, -0.05) is 121 Å². The highest BCUT2D eigenvalue weighted by Gasteiger charge is 2.28. The smallest absolute Gasteiger partial charge is 0.422 e. The largest absolute Gasteiger partial charge is 0.508 e. The van der Waals surface area contributed by atoms with Crippen LogP contribution >= 0.6 is 0 Å². The van der Waals surface area contributed by atoms with Gasteiger partial charge in [-0.3, -0.25) is 4.98 Å². The second kappa shape index (κ2) is 9.25. The Hall–Kier alpha value is -3.99. The molecular formula is C29H22BNO2. The van der Waals surface area contributed by atoms with Crippen molar-refractivity contribution in [2.24, 2.45) is 0 Å². The van der Waals surface area contributed by atoms with Gasteiger partial charge in [-0.05, 0) is 16.7 Å². The van der Waals surface area contributed by atoms with E-state index in [0.717, 1.165) is 38.9 Å². The summed E-state index contributed by atoms with van der Waals surface area (Å²) in [6.45, 7) is 0. The van der Waals surface area contributed by atoms with Crippen LogP contribution in [0.25, 0.3) is 44.6 Å². The van der Waals surface area contributed by atoms with Crippen molar-refractivity contribution in [2.45, 2.75) is 0 Å². The van der Waals surface area contributed by atoms with Gasteiger partial charge >= 0.3 is 7.12 Å². The summed E-state index contributed by atoms with van der Waals surface area (Å²) in [6.07, 6.45) is 0. The van der Waals surface area contributed by atoms with E-state index in [9.17, 15) is 10.0 Å². The number of benzene rings is 4. The summed E-state index contributed by atoms with van der Waals surface area (Å²) in [7, 11) is -1.73. The number of rotatable bonds is 5. The molecule has 33 heavy (non-hydrogen) atoms. The molecule has 158 valence electrons. The Bertz CT molecular complexity index is 1360. The number of hydrogen-bond donors (Lipinski definition) is 2. The van der Waals surface area contributed by atoms with Gasteiger partial charge in [-0.25, -0.2) is 0 Å². The molecule has 0 bridgehead atoms. The van der Waals surface area contributed by atoms with E-state index >= 15 is 0 Å². The molecule has 0 aliphatic heterocycles. The highest BCUT2D eigenvalue weighted by Crippen LogP contribution is 2.43. The van der Waals surface area contributed by atoms with Crippen LogP contribution in [0.4, 0.5) is 0 Å². The van der Waals surface area contributed by atoms with Crippen LogP contribution in [0.5, 0.6) is 0 Å². The predicted octanol–water partition coefficient (Wildman–Crippen LogP) is 5.43. The zero-order valence-corrected chi connectivity index (χ0v) is 18.0. The zero-order valence-electron chi connectivity index (χ0n) is 18.0. The van der Waals surface area contributed by atoms with Crippen molar-refractivity contribution in [3.8, 4) is 44.6 Å². The van der Waals surface area contributed by atoms with Crippen LogP contribution in [0.1, 0.15) is 0 Å². The molecule has 1 heterocycles. The number of nitrogens with zero attached hydrogens (tertiary/aromatic N) is 1. The fourth-order valence-electron chi connectivity index (χ4n) is 4.27. The lowest BCUT2D eigenvalue weighted by atomic mass is 9.74. The Balaban J connectivity index is 2.00. The van der Waals surface area contributed by atoms with Crippen LogP contribution in [-0.2, 0) is 0 Å². The van der Waals surface area contributed by atoms with Crippen LogP contribution in [0.2, 0.25) is 0 Å². The fourth-order valence-corrected chi connectivity index (χ4v) is 4.27. The van der Waals surface area contributed by atoms with Crippen molar-refractivity contribution in [2.75, 3.05) is 0 Å². The van der Waals surface area contributed by atoms with Gasteiger partial charge in [0, 0.05) is 22.3 Å². The van der Waals surface area contributed by atoms with E-state index in [1.807, 2.05) is 97.1 Å². The van der Waals surface area contributed by atoms with E-state index in [2.05, 4.69) is 24.3 Å². The third kappa shape index (κ3) is 4.10. The summed E-state index contributed by atoms with van der Waals surface area (Å²) in [4.78, 5) is 4.88. The first-order chi connectivity index (χ1) is 16.2. The van der Waals surface area contributed by atoms with Crippen molar-refractivity contribution in [3.05, 3.63) is 121 Å². The Morgan fingerprint density at radius 2 is 0.788 bits per heavy atom. The number of pyridine rings is 1. The minimum absolute atomic E-state index is 0.235. The fraction of sp³-hybridized carbons (Fsp3) is 0. The maximum atomic E-state index is 10.5. The van der Waals surface area contributed by atoms with E-state index in [1.54, 1.807) is 0 Å². The summed E-state index contributed by atoms with van der Waals surface area (Å²) in [5.74, 6) is 0. The predicted molar refractivity (Wildman–Crippen MR) is 136 cm³/mol.